The van der Waals surface area contributed by atoms with Crippen LogP contribution in [0.5, 0.6) is 0 Å². The van der Waals surface area contributed by atoms with E-state index in [2.05, 4.69) is 0 Å². The van der Waals surface area contributed by atoms with Crippen molar-refractivity contribution in [2.45, 2.75) is 13.3 Å². The van der Waals surface area contributed by atoms with E-state index in [0.29, 0.717) is 32.6 Å². The third kappa shape index (κ3) is 4.52. The lowest BCUT2D eigenvalue weighted by atomic mass is 10.1. The zero-order chi connectivity index (χ0) is 17.8. The molecule has 0 spiro atoms. The van der Waals surface area contributed by atoms with Gasteiger partial charge in [0.2, 0.25) is 5.91 Å². The lowest BCUT2D eigenvalue weighted by Gasteiger charge is -2.34. The third-order valence-corrected chi connectivity index (χ3v) is 5.30. The van der Waals surface area contributed by atoms with Gasteiger partial charge in [0.25, 0.3) is 0 Å². The highest BCUT2D eigenvalue weighted by molar-refractivity contribution is 7.10. The van der Waals surface area contributed by atoms with Crippen molar-refractivity contribution in [3.05, 3.63) is 57.5 Å². The van der Waals surface area contributed by atoms with Gasteiger partial charge in [-0.2, -0.15) is 0 Å². The molecule has 2 heterocycles. The van der Waals surface area contributed by atoms with Crippen LogP contribution in [0, 0.1) is 12.7 Å². The normalized spacial score (nSPS) is 15.4. The molecule has 4 nitrogen and oxygen atoms in total. The standard InChI is InChI=1S/C19H21FN2O2S/c1-14-4-5-17(20)16(11-14)18(23)13-21-6-8-22(9-7-21)19(24)12-15-3-2-10-25-15/h2-5,10-11H,6-9,12-13H2,1H3. The molecule has 1 aromatic carbocycles. The van der Waals surface area contributed by atoms with Gasteiger partial charge in [0.1, 0.15) is 5.82 Å². The molecule has 0 radical (unpaired) electrons. The summed E-state index contributed by atoms with van der Waals surface area (Å²) in [6, 6.07) is 8.50. The molecule has 0 saturated carbocycles. The number of carbonyl (C=O) groups is 2. The second-order valence-corrected chi connectivity index (χ2v) is 7.35. The van der Waals surface area contributed by atoms with E-state index in [1.54, 1.807) is 23.5 Å². The van der Waals surface area contributed by atoms with Crippen molar-refractivity contribution in [1.29, 1.82) is 0 Å². The Kier molecular flexibility index (Phi) is 5.60. The first kappa shape index (κ1) is 17.8. The van der Waals surface area contributed by atoms with Crippen molar-refractivity contribution in [2.24, 2.45) is 0 Å². The summed E-state index contributed by atoms with van der Waals surface area (Å²) in [5.74, 6) is -0.557. The summed E-state index contributed by atoms with van der Waals surface area (Å²) < 4.78 is 13.8. The number of amides is 1. The zero-order valence-electron chi connectivity index (χ0n) is 14.2. The maximum Gasteiger partial charge on any atom is 0.227 e. The predicted octanol–water partition coefficient (Wildman–Crippen LogP) is 2.77. The van der Waals surface area contributed by atoms with Crippen molar-refractivity contribution in [1.82, 2.24) is 9.80 Å². The smallest absolute Gasteiger partial charge is 0.227 e. The average molecular weight is 360 g/mol. The number of halogens is 1. The molecule has 132 valence electrons. The van der Waals surface area contributed by atoms with Crippen LogP contribution in [0.2, 0.25) is 0 Å². The summed E-state index contributed by atoms with van der Waals surface area (Å²) in [7, 11) is 0. The maximum absolute atomic E-state index is 13.8. The highest BCUT2D eigenvalue weighted by atomic mass is 32.1. The van der Waals surface area contributed by atoms with Crippen LogP contribution in [0.15, 0.2) is 35.7 Å². The Bertz CT molecular complexity index is 753. The minimum Gasteiger partial charge on any atom is -0.340 e. The molecule has 0 bridgehead atoms. The van der Waals surface area contributed by atoms with Crippen LogP contribution in [0.25, 0.3) is 0 Å². The second-order valence-electron chi connectivity index (χ2n) is 6.32. The first-order valence-electron chi connectivity index (χ1n) is 8.35. The zero-order valence-corrected chi connectivity index (χ0v) is 15.0. The molecular formula is C19H21FN2O2S. The van der Waals surface area contributed by atoms with Crippen LogP contribution in [-0.2, 0) is 11.2 Å². The molecule has 6 heteroatoms. The van der Waals surface area contributed by atoms with Crippen molar-refractivity contribution in [3.63, 3.8) is 0 Å². The molecule has 1 aromatic heterocycles. The summed E-state index contributed by atoms with van der Waals surface area (Å²) in [5.41, 5.74) is 1.02. The van der Waals surface area contributed by atoms with Gasteiger partial charge < -0.3 is 4.90 Å². The summed E-state index contributed by atoms with van der Waals surface area (Å²) in [4.78, 5) is 29.5. The van der Waals surface area contributed by atoms with E-state index in [1.807, 2.05) is 34.2 Å². The molecule has 0 unspecified atom stereocenters. The summed E-state index contributed by atoms with van der Waals surface area (Å²) in [5, 5.41) is 1.97. The maximum atomic E-state index is 13.8. The van der Waals surface area contributed by atoms with Gasteiger partial charge in [-0.15, -0.1) is 11.3 Å². The van der Waals surface area contributed by atoms with Crippen molar-refractivity contribution < 1.29 is 14.0 Å². The number of rotatable bonds is 5. The SMILES string of the molecule is Cc1ccc(F)c(C(=O)CN2CCN(C(=O)Cc3cccs3)CC2)c1. The van der Waals surface area contributed by atoms with E-state index in [4.69, 9.17) is 0 Å². The van der Waals surface area contributed by atoms with Crippen LogP contribution in [-0.4, -0.2) is 54.2 Å². The van der Waals surface area contributed by atoms with Gasteiger partial charge in [0.05, 0.1) is 18.5 Å². The molecule has 1 saturated heterocycles. The van der Waals surface area contributed by atoms with E-state index >= 15 is 0 Å². The number of Topliss-reactive ketones (excluding diaryl/α,β-unsaturated/α-hetero) is 1. The quantitative estimate of drug-likeness (QED) is 0.770. The van der Waals surface area contributed by atoms with Gasteiger partial charge in [-0.05, 0) is 30.5 Å². The number of piperazine rings is 1. The number of aryl methyl sites for hydroxylation is 1. The van der Waals surface area contributed by atoms with Crippen LogP contribution in [0.1, 0.15) is 20.8 Å². The fraction of sp³-hybridized carbons (Fsp3) is 0.368. The lowest BCUT2D eigenvalue weighted by molar-refractivity contribution is -0.132. The van der Waals surface area contributed by atoms with Gasteiger partial charge in [0, 0.05) is 31.1 Å². The number of ketones is 1. The monoisotopic (exact) mass is 360 g/mol. The van der Waals surface area contributed by atoms with E-state index in [1.165, 1.54) is 6.07 Å². The van der Waals surface area contributed by atoms with Gasteiger partial charge in [-0.25, -0.2) is 4.39 Å². The van der Waals surface area contributed by atoms with Crippen molar-refractivity contribution >= 4 is 23.0 Å². The van der Waals surface area contributed by atoms with E-state index in [0.717, 1.165) is 10.4 Å². The molecular weight excluding hydrogens is 339 g/mol. The fourth-order valence-corrected chi connectivity index (χ4v) is 3.67. The Balaban J connectivity index is 1.51. The minimum absolute atomic E-state index is 0.123. The first-order chi connectivity index (χ1) is 12.0. The highest BCUT2D eigenvalue weighted by Crippen LogP contribution is 2.14. The first-order valence-corrected chi connectivity index (χ1v) is 9.23. The number of carbonyl (C=O) groups excluding carboxylic acids is 2. The molecule has 25 heavy (non-hydrogen) atoms. The fourth-order valence-electron chi connectivity index (χ4n) is 2.97. The van der Waals surface area contributed by atoms with Gasteiger partial charge in [-0.3, -0.25) is 14.5 Å². The summed E-state index contributed by atoms with van der Waals surface area (Å²) in [6.45, 7) is 4.51. The largest absolute Gasteiger partial charge is 0.340 e. The van der Waals surface area contributed by atoms with E-state index in [-0.39, 0.29) is 23.8 Å². The Morgan fingerprint density at radius 3 is 2.60 bits per heavy atom. The predicted molar refractivity (Wildman–Crippen MR) is 96.5 cm³/mol. The number of thiophene rings is 1. The van der Waals surface area contributed by atoms with E-state index < -0.39 is 5.82 Å². The molecule has 0 aliphatic carbocycles. The molecule has 1 fully saturated rings. The molecule has 1 aliphatic rings. The number of hydrogen-bond acceptors (Lipinski definition) is 4. The number of nitrogens with zero attached hydrogens (tertiary/aromatic N) is 2. The Morgan fingerprint density at radius 2 is 1.92 bits per heavy atom. The Morgan fingerprint density at radius 1 is 1.16 bits per heavy atom. The molecule has 1 amide bonds. The van der Waals surface area contributed by atoms with Crippen molar-refractivity contribution in [3.8, 4) is 0 Å². The molecule has 0 N–H and O–H groups in total. The van der Waals surface area contributed by atoms with E-state index in [9.17, 15) is 14.0 Å². The van der Waals surface area contributed by atoms with Crippen LogP contribution in [0.4, 0.5) is 4.39 Å². The van der Waals surface area contributed by atoms with Gasteiger partial charge in [0.15, 0.2) is 5.78 Å². The summed E-state index contributed by atoms with van der Waals surface area (Å²) in [6.07, 6.45) is 0.436. The second kappa shape index (κ2) is 7.89. The molecule has 1 aliphatic heterocycles. The average Bonchev–Trinajstić information content (AvgIpc) is 3.10. The lowest BCUT2D eigenvalue weighted by Crippen LogP contribution is -2.50. The van der Waals surface area contributed by atoms with Crippen LogP contribution >= 0.6 is 11.3 Å². The van der Waals surface area contributed by atoms with Crippen LogP contribution < -0.4 is 0 Å². The Labute approximate surface area is 150 Å². The topological polar surface area (TPSA) is 40.6 Å². The number of benzene rings is 1. The highest BCUT2D eigenvalue weighted by Gasteiger charge is 2.23. The van der Waals surface area contributed by atoms with Gasteiger partial charge in [-0.1, -0.05) is 17.7 Å². The van der Waals surface area contributed by atoms with Crippen LogP contribution in [0.3, 0.4) is 0 Å². The third-order valence-electron chi connectivity index (χ3n) is 4.42. The minimum atomic E-state index is -0.472. The molecule has 3 rings (SSSR count). The molecule has 0 atom stereocenters. The summed E-state index contributed by atoms with van der Waals surface area (Å²) >= 11 is 1.59. The number of hydrogen-bond donors (Lipinski definition) is 0. The molecule has 2 aromatic rings. The Hall–Kier alpha value is -2.05. The van der Waals surface area contributed by atoms with Crippen molar-refractivity contribution in [2.75, 3.05) is 32.7 Å². The van der Waals surface area contributed by atoms with Gasteiger partial charge >= 0.3 is 0 Å².